The highest BCUT2D eigenvalue weighted by atomic mass is 16.5. The maximum absolute atomic E-state index is 11.9. The fourth-order valence-electron chi connectivity index (χ4n) is 3.67. The molecule has 1 heterocycles. The second kappa shape index (κ2) is 8.75. The van der Waals surface area contributed by atoms with Gasteiger partial charge in [0.2, 0.25) is 0 Å². The first-order valence-corrected chi connectivity index (χ1v) is 10.1. The molecule has 4 heteroatoms. The summed E-state index contributed by atoms with van der Waals surface area (Å²) in [4.78, 5) is 14.2. The molecule has 0 amide bonds. The molecular formula is C26H23NO3. The SMILES string of the molecule is CCOC(=O)c1ccc(N2CCc3cc(O)cc(C#Cc4ccccc4)c3C2)cc1. The number of phenols is 1. The van der Waals surface area contributed by atoms with Crippen LogP contribution in [0.2, 0.25) is 0 Å². The lowest BCUT2D eigenvalue weighted by Crippen LogP contribution is -2.31. The number of fused-ring (bicyclic) bond motifs is 1. The van der Waals surface area contributed by atoms with E-state index in [0.29, 0.717) is 18.7 Å². The van der Waals surface area contributed by atoms with Crippen molar-refractivity contribution in [1.82, 2.24) is 0 Å². The van der Waals surface area contributed by atoms with Crippen LogP contribution in [0.4, 0.5) is 5.69 Å². The Labute approximate surface area is 176 Å². The van der Waals surface area contributed by atoms with E-state index in [1.807, 2.05) is 48.5 Å². The Hall–Kier alpha value is -3.71. The van der Waals surface area contributed by atoms with Gasteiger partial charge in [-0.3, -0.25) is 0 Å². The Morgan fingerprint density at radius 1 is 1.07 bits per heavy atom. The molecule has 1 aliphatic heterocycles. The van der Waals surface area contributed by atoms with Crippen LogP contribution in [0, 0.1) is 11.8 Å². The fraction of sp³-hybridized carbons (Fsp3) is 0.192. The summed E-state index contributed by atoms with van der Waals surface area (Å²) < 4.78 is 5.06. The zero-order valence-electron chi connectivity index (χ0n) is 16.9. The predicted molar refractivity (Wildman–Crippen MR) is 118 cm³/mol. The van der Waals surface area contributed by atoms with E-state index in [0.717, 1.165) is 40.9 Å². The summed E-state index contributed by atoms with van der Waals surface area (Å²) in [6, 6.07) is 20.9. The molecule has 0 saturated carbocycles. The molecule has 0 saturated heterocycles. The van der Waals surface area contributed by atoms with Gasteiger partial charge in [0.25, 0.3) is 0 Å². The Morgan fingerprint density at radius 2 is 1.83 bits per heavy atom. The third-order valence-corrected chi connectivity index (χ3v) is 5.19. The molecule has 0 atom stereocenters. The minimum absolute atomic E-state index is 0.248. The van der Waals surface area contributed by atoms with Crippen LogP contribution >= 0.6 is 0 Å². The number of anilines is 1. The van der Waals surface area contributed by atoms with Crippen molar-refractivity contribution in [3.05, 3.63) is 94.5 Å². The van der Waals surface area contributed by atoms with E-state index in [2.05, 4.69) is 16.7 Å². The summed E-state index contributed by atoms with van der Waals surface area (Å²) in [6.07, 6.45) is 0.823. The van der Waals surface area contributed by atoms with Gasteiger partial charge in [-0.1, -0.05) is 30.0 Å². The number of phenolic OH excluding ortho intramolecular Hbond substituents is 1. The molecular weight excluding hydrogens is 374 g/mol. The van der Waals surface area contributed by atoms with Crippen molar-refractivity contribution in [3.63, 3.8) is 0 Å². The van der Waals surface area contributed by atoms with Gasteiger partial charge in [-0.05, 0) is 73.0 Å². The van der Waals surface area contributed by atoms with Crippen LogP contribution in [-0.4, -0.2) is 24.2 Å². The van der Waals surface area contributed by atoms with Crippen molar-refractivity contribution in [2.45, 2.75) is 19.9 Å². The molecule has 1 aliphatic rings. The molecule has 0 bridgehead atoms. The van der Waals surface area contributed by atoms with E-state index < -0.39 is 0 Å². The van der Waals surface area contributed by atoms with Gasteiger partial charge in [-0.15, -0.1) is 0 Å². The molecule has 4 nitrogen and oxygen atoms in total. The number of aromatic hydroxyl groups is 1. The lowest BCUT2D eigenvalue weighted by atomic mass is 9.94. The number of hydrogen-bond acceptors (Lipinski definition) is 4. The molecule has 3 aromatic carbocycles. The number of rotatable bonds is 3. The maximum atomic E-state index is 11.9. The molecule has 150 valence electrons. The van der Waals surface area contributed by atoms with Crippen molar-refractivity contribution < 1.29 is 14.6 Å². The second-order valence-corrected chi connectivity index (χ2v) is 7.19. The number of benzene rings is 3. The number of nitrogens with zero attached hydrogens (tertiary/aromatic N) is 1. The van der Waals surface area contributed by atoms with Crippen LogP contribution in [-0.2, 0) is 17.7 Å². The number of esters is 1. The van der Waals surface area contributed by atoms with Crippen molar-refractivity contribution in [2.24, 2.45) is 0 Å². The topological polar surface area (TPSA) is 49.8 Å². The molecule has 0 aromatic heterocycles. The Kier molecular flexibility index (Phi) is 5.72. The van der Waals surface area contributed by atoms with E-state index >= 15 is 0 Å². The molecule has 1 N–H and O–H groups in total. The third-order valence-electron chi connectivity index (χ3n) is 5.19. The van der Waals surface area contributed by atoms with Crippen molar-refractivity contribution in [2.75, 3.05) is 18.1 Å². The van der Waals surface area contributed by atoms with Gasteiger partial charge in [0.15, 0.2) is 0 Å². The zero-order valence-corrected chi connectivity index (χ0v) is 16.9. The molecule has 0 aliphatic carbocycles. The number of carbonyl (C=O) groups excluding carboxylic acids is 1. The number of ether oxygens (including phenoxy) is 1. The highest BCUT2D eigenvalue weighted by Crippen LogP contribution is 2.30. The van der Waals surface area contributed by atoms with Crippen LogP contribution in [0.3, 0.4) is 0 Å². The van der Waals surface area contributed by atoms with E-state index in [9.17, 15) is 9.90 Å². The van der Waals surface area contributed by atoms with Gasteiger partial charge in [0.1, 0.15) is 5.75 Å². The van der Waals surface area contributed by atoms with Crippen LogP contribution in [0.25, 0.3) is 0 Å². The predicted octanol–water partition coefficient (Wildman–Crippen LogP) is 4.53. The normalized spacial score (nSPS) is 12.5. The van der Waals surface area contributed by atoms with E-state index in [1.165, 1.54) is 0 Å². The van der Waals surface area contributed by atoms with Crippen molar-refractivity contribution >= 4 is 11.7 Å². The lowest BCUT2D eigenvalue weighted by Gasteiger charge is -2.31. The van der Waals surface area contributed by atoms with E-state index in [4.69, 9.17) is 4.74 Å². The smallest absolute Gasteiger partial charge is 0.338 e. The first-order chi connectivity index (χ1) is 14.6. The quantitative estimate of drug-likeness (QED) is 0.521. The Bertz CT molecular complexity index is 1110. The molecule has 3 aromatic rings. The van der Waals surface area contributed by atoms with Crippen LogP contribution in [0.1, 0.15) is 39.5 Å². The summed E-state index contributed by atoms with van der Waals surface area (Å²) in [7, 11) is 0. The summed E-state index contributed by atoms with van der Waals surface area (Å²) in [5, 5.41) is 10.2. The molecule has 0 fully saturated rings. The summed E-state index contributed by atoms with van der Waals surface area (Å²) >= 11 is 0. The van der Waals surface area contributed by atoms with Gasteiger partial charge in [-0.2, -0.15) is 0 Å². The van der Waals surface area contributed by atoms with Gasteiger partial charge in [0.05, 0.1) is 12.2 Å². The number of carbonyl (C=O) groups is 1. The summed E-state index contributed by atoms with van der Waals surface area (Å²) in [5.41, 5.74) is 5.66. The lowest BCUT2D eigenvalue weighted by molar-refractivity contribution is 0.0526. The minimum atomic E-state index is -0.304. The Morgan fingerprint density at radius 3 is 2.57 bits per heavy atom. The molecule has 4 rings (SSSR count). The maximum Gasteiger partial charge on any atom is 0.338 e. The molecule has 0 spiro atoms. The summed E-state index contributed by atoms with van der Waals surface area (Å²) in [6.45, 7) is 3.70. The third kappa shape index (κ3) is 4.31. The number of hydrogen-bond donors (Lipinski definition) is 1. The van der Waals surface area contributed by atoms with Gasteiger partial charge in [-0.25, -0.2) is 4.79 Å². The van der Waals surface area contributed by atoms with Crippen LogP contribution < -0.4 is 4.90 Å². The van der Waals surface area contributed by atoms with Gasteiger partial charge in [0, 0.05) is 29.9 Å². The first-order valence-electron chi connectivity index (χ1n) is 10.1. The van der Waals surface area contributed by atoms with Crippen LogP contribution in [0.15, 0.2) is 66.7 Å². The van der Waals surface area contributed by atoms with Crippen LogP contribution in [0.5, 0.6) is 5.75 Å². The van der Waals surface area contributed by atoms with Gasteiger partial charge >= 0.3 is 5.97 Å². The first kappa shape index (κ1) is 19.6. The summed E-state index contributed by atoms with van der Waals surface area (Å²) in [5.74, 6) is 6.38. The zero-order chi connectivity index (χ0) is 20.9. The van der Waals surface area contributed by atoms with Gasteiger partial charge < -0.3 is 14.7 Å². The molecule has 0 radical (unpaired) electrons. The standard InChI is InChI=1S/C26H23NO3/c1-2-30-26(29)20-10-12-23(13-11-20)27-15-14-22-17-24(28)16-21(25(22)18-27)9-8-19-6-4-3-5-7-19/h3-7,10-13,16-17,28H,2,14-15,18H2,1H3. The monoisotopic (exact) mass is 397 g/mol. The second-order valence-electron chi connectivity index (χ2n) is 7.19. The molecule has 0 unspecified atom stereocenters. The highest BCUT2D eigenvalue weighted by molar-refractivity contribution is 5.89. The highest BCUT2D eigenvalue weighted by Gasteiger charge is 2.20. The Balaban J connectivity index is 1.60. The minimum Gasteiger partial charge on any atom is -0.508 e. The molecule has 30 heavy (non-hydrogen) atoms. The van der Waals surface area contributed by atoms with Crippen molar-refractivity contribution in [3.8, 4) is 17.6 Å². The fourth-order valence-corrected chi connectivity index (χ4v) is 3.67. The average molecular weight is 397 g/mol. The largest absolute Gasteiger partial charge is 0.508 e. The van der Waals surface area contributed by atoms with E-state index in [1.54, 1.807) is 25.1 Å². The van der Waals surface area contributed by atoms with E-state index in [-0.39, 0.29) is 11.7 Å². The van der Waals surface area contributed by atoms with Crippen molar-refractivity contribution in [1.29, 1.82) is 0 Å². The average Bonchev–Trinajstić information content (AvgIpc) is 2.78.